The van der Waals surface area contributed by atoms with Gasteiger partial charge in [-0.15, -0.1) is 0 Å². The first-order chi connectivity index (χ1) is 12.7. The van der Waals surface area contributed by atoms with E-state index in [-0.39, 0.29) is 5.75 Å². The number of nitrogens with one attached hydrogen (secondary N) is 2. The van der Waals surface area contributed by atoms with Gasteiger partial charge in [0.05, 0.1) is 12.2 Å². The van der Waals surface area contributed by atoms with Crippen LogP contribution in [0.25, 0.3) is 0 Å². The number of rotatable bonds is 6. The molecule has 0 aromatic heterocycles. The highest BCUT2D eigenvalue weighted by molar-refractivity contribution is 5.95. The molecular formula is C17H13F5N2O3. The summed E-state index contributed by atoms with van der Waals surface area (Å²) in [6.07, 6.45) is -1.16. The van der Waals surface area contributed by atoms with Gasteiger partial charge in [-0.3, -0.25) is 9.59 Å². The lowest BCUT2D eigenvalue weighted by Crippen LogP contribution is -2.40. The molecule has 0 bridgehead atoms. The van der Waals surface area contributed by atoms with E-state index in [0.29, 0.717) is 6.07 Å². The molecule has 10 heteroatoms. The largest absolute Gasteiger partial charge is 0.481 e. The van der Waals surface area contributed by atoms with Gasteiger partial charge in [0.1, 0.15) is 5.75 Å². The van der Waals surface area contributed by atoms with Crippen molar-refractivity contribution < 1.29 is 36.3 Å². The van der Waals surface area contributed by atoms with Crippen molar-refractivity contribution in [3.05, 3.63) is 59.4 Å². The van der Waals surface area contributed by atoms with Gasteiger partial charge in [-0.25, -0.2) is 22.0 Å². The highest BCUT2D eigenvalue weighted by atomic mass is 19.2. The number of amides is 2. The van der Waals surface area contributed by atoms with Crippen LogP contribution >= 0.6 is 0 Å². The number of hydrogen-bond donors (Lipinski definition) is 2. The molecule has 27 heavy (non-hydrogen) atoms. The van der Waals surface area contributed by atoms with E-state index in [9.17, 15) is 31.5 Å². The Morgan fingerprint density at radius 3 is 2.30 bits per heavy atom. The van der Waals surface area contributed by atoms with Crippen molar-refractivity contribution in [2.75, 3.05) is 11.9 Å². The number of ether oxygens (including phenoxy) is 1. The normalized spacial score (nSPS) is 11.6. The van der Waals surface area contributed by atoms with E-state index in [4.69, 9.17) is 4.74 Å². The first-order valence-corrected chi connectivity index (χ1v) is 7.51. The van der Waals surface area contributed by atoms with Crippen molar-refractivity contribution in [2.24, 2.45) is 0 Å². The Hall–Kier alpha value is -3.17. The third kappa shape index (κ3) is 5.16. The maximum Gasteiger partial charge on any atom is 0.261 e. The summed E-state index contributed by atoms with van der Waals surface area (Å²) in [5, 5.41) is 4.13. The maximum atomic E-state index is 13.5. The first kappa shape index (κ1) is 20.1. The quantitative estimate of drug-likeness (QED) is 0.591. The minimum Gasteiger partial charge on any atom is -0.481 e. The second-order valence-corrected chi connectivity index (χ2v) is 5.32. The van der Waals surface area contributed by atoms with Crippen LogP contribution in [0.5, 0.6) is 5.75 Å². The van der Waals surface area contributed by atoms with E-state index in [1.54, 1.807) is 0 Å². The zero-order chi connectivity index (χ0) is 20.1. The number of hydrogen-bond acceptors (Lipinski definition) is 3. The summed E-state index contributed by atoms with van der Waals surface area (Å²) in [6.45, 7) is 0.673. The highest BCUT2D eigenvalue weighted by Crippen LogP contribution is 2.19. The van der Waals surface area contributed by atoms with Gasteiger partial charge in [-0.2, -0.15) is 0 Å². The second-order valence-electron chi connectivity index (χ2n) is 5.32. The standard InChI is InChI=1S/C17H13F5N2O3/c1-8(27-9-2-3-10(18)12(20)6-9)17(26)23-7-14(25)24-13-5-4-11(19)15(21)16(13)22/h2-6,8H,7H2,1H3,(H,23,26)(H,24,25). The smallest absolute Gasteiger partial charge is 0.261 e. The fourth-order valence-corrected chi connectivity index (χ4v) is 1.94. The Balaban J connectivity index is 1.88. The van der Waals surface area contributed by atoms with Gasteiger partial charge in [-0.1, -0.05) is 0 Å². The van der Waals surface area contributed by atoms with Crippen molar-refractivity contribution in [3.63, 3.8) is 0 Å². The molecule has 2 amide bonds. The summed E-state index contributed by atoms with van der Waals surface area (Å²) in [7, 11) is 0. The van der Waals surface area contributed by atoms with Crippen LogP contribution in [0.15, 0.2) is 30.3 Å². The first-order valence-electron chi connectivity index (χ1n) is 7.51. The molecule has 144 valence electrons. The highest BCUT2D eigenvalue weighted by Gasteiger charge is 2.18. The van der Waals surface area contributed by atoms with Crippen LogP contribution < -0.4 is 15.4 Å². The average Bonchev–Trinajstić information content (AvgIpc) is 2.63. The number of carbonyl (C=O) groups excluding carboxylic acids is 2. The summed E-state index contributed by atoms with van der Waals surface area (Å²) < 4.78 is 70.4. The lowest BCUT2D eigenvalue weighted by atomic mass is 10.2. The van der Waals surface area contributed by atoms with Crippen molar-refractivity contribution in [3.8, 4) is 5.75 Å². The molecule has 0 saturated carbocycles. The van der Waals surface area contributed by atoms with Crippen molar-refractivity contribution in [1.29, 1.82) is 0 Å². The van der Waals surface area contributed by atoms with Gasteiger partial charge in [0.2, 0.25) is 5.91 Å². The van der Waals surface area contributed by atoms with Crippen LogP contribution in [0.3, 0.4) is 0 Å². The molecule has 2 aromatic carbocycles. The summed E-state index contributed by atoms with van der Waals surface area (Å²) in [6, 6.07) is 4.13. The monoisotopic (exact) mass is 388 g/mol. The Kier molecular flexibility index (Phi) is 6.32. The number of benzene rings is 2. The Morgan fingerprint density at radius 1 is 0.963 bits per heavy atom. The Labute approximate surface area is 150 Å². The van der Waals surface area contributed by atoms with Gasteiger partial charge in [-0.05, 0) is 31.2 Å². The van der Waals surface area contributed by atoms with Crippen LogP contribution in [0.1, 0.15) is 6.92 Å². The minimum absolute atomic E-state index is 0.107. The molecular weight excluding hydrogens is 375 g/mol. The van der Waals surface area contributed by atoms with Crippen LogP contribution in [0.4, 0.5) is 27.6 Å². The van der Waals surface area contributed by atoms with Gasteiger partial charge < -0.3 is 15.4 Å². The van der Waals surface area contributed by atoms with Crippen molar-refractivity contribution in [2.45, 2.75) is 13.0 Å². The van der Waals surface area contributed by atoms with Crippen LogP contribution in [-0.4, -0.2) is 24.5 Å². The second kappa shape index (κ2) is 8.47. The summed E-state index contributed by atoms with van der Waals surface area (Å²) in [4.78, 5) is 23.5. The zero-order valence-electron chi connectivity index (χ0n) is 13.8. The van der Waals surface area contributed by atoms with E-state index in [2.05, 4.69) is 5.32 Å². The third-order valence-corrected chi connectivity index (χ3v) is 3.31. The topological polar surface area (TPSA) is 67.4 Å². The lowest BCUT2D eigenvalue weighted by Gasteiger charge is -2.15. The molecule has 1 unspecified atom stereocenters. The van der Waals surface area contributed by atoms with Crippen LogP contribution in [0, 0.1) is 29.1 Å². The molecule has 0 radical (unpaired) electrons. The predicted octanol–water partition coefficient (Wildman–Crippen LogP) is 2.90. The van der Waals surface area contributed by atoms with E-state index in [1.165, 1.54) is 6.92 Å². The summed E-state index contributed by atoms with van der Waals surface area (Å²) in [5.74, 6) is -8.77. The average molecular weight is 388 g/mol. The SMILES string of the molecule is CC(Oc1ccc(F)c(F)c1)C(=O)NCC(=O)Nc1ccc(F)c(F)c1F. The zero-order valence-corrected chi connectivity index (χ0v) is 13.8. The molecule has 0 heterocycles. The van der Waals surface area contributed by atoms with E-state index < -0.39 is 59.2 Å². The fraction of sp³-hybridized carbons (Fsp3) is 0.176. The van der Waals surface area contributed by atoms with Crippen molar-refractivity contribution >= 4 is 17.5 Å². The fourth-order valence-electron chi connectivity index (χ4n) is 1.94. The van der Waals surface area contributed by atoms with Crippen LogP contribution in [0.2, 0.25) is 0 Å². The lowest BCUT2D eigenvalue weighted by molar-refractivity contribution is -0.129. The molecule has 0 spiro atoms. The van der Waals surface area contributed by atoms with Gasteiger partial charge >= 0.3 is 0 Å². The van der Waals surface area contributed by atoms with Crippen molar-refractivity contribution in [1.82, 2.24) is 5.32 Å². The van der Waals surface area contributed by atoms with Crippen LogP contribution in [-0.2, 0) is 9.59 Å². The summed E-state index contributed by atoms with van der Waals surface area (Å²) >= 11 is 0. The molecule has 0 aliphatic carbocycles. The Bertz CT molecular complexity index is 876. The van der Waals surface area contributed by atoms with E-state index in [0.717, 1.165) is 24.3 Å². The number of anilines is 1. The van der Waals surface area contributed by atoms with Gasteiger partial charge in [0.15, 0.2) is 35.2 Å². The molecule has 2 rings (SSSR count). The molecule has 5 nitrogen and oxygen atoms in total. The number of halogens is 5. The molecule has 2 N–H and O–H groups in total. The number of carbonyl (C=O) groups is 2. The molecule has 0 aliphatic heterocycles. The maximum absolute atomic E-state index is 13.5. The van der Waals surface area contributed by atoms with E-state index in [1.807, 2.05) is 5.32 Å². The van der Waals surface area contributed by atoms with E-state index >= 15 is 0 Å². The molecule has 1 atom stereocenters. The summed E-state index contributed by atoms with van der Waals surface area (Å²) in [5.41, 5.74) is -0.598. The predicted molar refractivity (Wildman–Crippen MR) is 84.4 cm³/mol. The van der Waals surface area contributed by atoms with Gasteiger partial charge in [0, 0.05) is 6.07 Å². The molecule has 0 aliphatic rings. The minimum atomic E-state index is -1.75. The molecule has 0 saturated heterocycles. The molecule has 0 fully saturated rings. The Morgan fingerprint density at radius 2 is 1.63 bits per heavy atom. The van der Waals surface area contributed by atoms with Gasteiger partial charge in [0.25, 0.3) is 5.91 Å². The molecule has 2 aromatic rings. The third-order valence-electron chi connectivity index (χ3n) is 3.31.